The van der Waals surface area contributed by atoms with Crippen LogP contribution in [0.25, 0.3) is 5.70 Å². The smallest absolute Gasteiger partial charge is 0.305 e. The highest BCUT2D eigenvalue weighted by atomic mass is 19.1. The van der Waals surface area contributed by atoms with Crippen molar-refractivity contribution in [3.05, 3.63) is 95.4 Å². The van der Waals surface area contributed by atoms with Gasteiger partial charge in [-0.05, 0) is 92.8 Å². The van der Waals surface area contributed by atoms with E-state index < -0.39 is 24.6 Å². The molecular formula is C36H54FN3O5. The van der Waals surface area contributed by atoms with Gasteiger partial charge in [-0.1, -0.05) is 64.1 Å². The van der Waals surface area contributed by atoms with Crippen molar-refractivity contribution in [2.75, 3.05) is 25.5 Å². The fourth-order valence-corrected chi connectivity index (χ4v) is 4.67. The topological polar surface area (TPSA) is 136 Å². The Kier molecular flexibility index (Phi) is 21.6. The molecule has 6 N–H and O–H groups in total. The third-order valence-electron chi connectivity index (χ3n) is 6.39. The Morgan fingerprint density at radius 3 is 2.09 bits per heavy atom. The summed E-state index contributed by atoms with van der Waals surface area (Å²) in [4.78, 5) is 26.4. The summed E-state index contributed by atoms with van der Waals surface area (Å²) in [6.45, 7) is 12.9. The van der Waals surface area contributed by atoms with Crippen LogP contribution in [0.5, 0.6) is 0 Å². The lowest BCUT2D eigenvalue weighted by Crippen LogP contribution is -2.32. The first-order chi connectivity index (χ1) is 21.5. The number of aliphatic hydroxyl groups excluding tert-OH is 2. The van der Waals surface area contributed by atoms with Crippen LogP contribution in [0, 0.1) is 11.7 Å². The molecule has 0 aliphatic carbocycles. The summed E-state index contributed by atoms with van der Waals surface area (Å²) in [6, 6.07) is 15.3. The summed E-state index contributed by atoms with van der Waals surface area (Å²) < 4.78 is 14.0. The van der Waals surface area contributed by atoms with Crippen molar-refractivity contribution >= 4 is 23.3 Å². The molecule has 2 aromatic rings. The number of anilines is 1. The number of nitrogens with zero attached hydrogens (tertiary/aromatic N) is 1. The van der Waals surface area contributed by atoms with Crippen molar-refractivity contribution in [3.8, 4) is 0 Å². The number of benzene rings is 2. The van der Waals surface area contributed by atoms with Crippen molar-refractivity contribution in [2.24, 2.45) is 11.7 Å². The second-order valence-electron chi connectivity index (χ2n) is 10.4. The van der Waals surface area contributed by atoms with E-state index in [4.69, 9.17) is 5.11 Å². The molecule has 45 heavy (non-hydrogen) atoms. The number of rotatable bonds is 16. The molecule has 2 rings (SSSR count). The number of carbonyl (C=O) groups is 2. The molecule has 1 amide bonds. The van der Waals surface area contributed by atoms with Gasteiger partial charge in [0.25, 0.3) is 0 Å². The highest BCUT2D eigenvalue weighted by Gasteiger charge is 2.24. The number of aliphatic hydroxyl groups is 2. The maximum absolute atomic E-state index is 14.0. The Labute approximate surface area is 269 Å². The predicted molar refractivity (Wildman–Crippen MR) is 183 cm³/mol. The monoisotopic (exact) mass is 627 g/mol. The number of para-hydroxylation sites is 1. The summed E-state index contributed by atoms with van der Waals surface area (Å²) in [7, 11) is 1.50. The molecule has 0 saturated carbocycles. The van der Waals surface area contributed by atoms with Crippen molar-refractivity contribution in [3.63, 3.8) is 0 Å². The van der Waals surface area contributed by atoms with Crippen LogP contribution in [0.4, 0.5) is 10.1 Å². The highest BCUT2D eigenvalue weighted by Crippen LogP contribution is 2.32. The summed E-state index contributed by atoms with van der Waals surface area (Å²) in [5.41, 5.74) is 8.22. The standard InChI is InChI=1S/C33H43FN2O5.C2H6.CH5N/c1-5-10-24(6-2)30(21-31(39)35-27-11-8-7-9-12-27)33(25-13-15-26(34)16-14-25)36(22-23(3)4)18-17-28(37)19-29(38)20-32(40)41;2*1-2/h5-16,23,28-29,37-38H,17-22H2,1-4H3,(H,35,39)(H,40,41);1-2H3;2H2,1H3/b10-5-,24-6+,33-30+;;. The minimum absolute atomic E-state index is 0.0418. The second-order valence-corrected chi connectivity index (χ2v) is 10.4. The van der Waals surface area contributed by atoms with Gasteiger partial charge in [-0.3, -0.25) is 9.59 Å². The molecule has 0 aliphatic heterocycles. The van der Waals surface area contributed by atoms with Gasteiger partial charge in [0, 0.05) is 24.5 Å². The Hall–Kier alpha value is -3.79. The molecule has 2 aromatic carbocycles. The molecule has 250 valence electrons. The Balaban J connectivity index is 0.00000464. The van der Waals surface area contributed by atoms with Crippen LogP contribution >= 0.6 is 0 Å². The molecule has 0 aromatic heterocycles. The summed E-state index contributed by atoms with van der Waals surface area (Å²) in [5, 5.41) is 32.6. The van der Waals surface area contributed by atoms with Gasteiger partial charge in [0.2, 0.25) is 5.91 Å². The number of carboxylic acids is 1. The minimum atomic E-state index is -1.16. The molecule has 8 nitrogen and oxygen atoms in total. The molecule has 0 bridgehead atoms. The lowest BCUT2D eigenvalue weighted by atomic mass is 9.93. The van der Waals surface area contributed by atoms with E-state index in [-0.39, 0.29) is 36.9 Å². The Morgan fingerprint density at radius 1 is 0.978 bits per heavy atom. The first-order valence-electron chi connectivity index (χ1n) is 15.6. The van der Waals surface area contributed by atoms with E-state index in [2.05, 4.69) is 29.8 Å². The number of hydrogen-bond donors (Lipinski definition) is 5. The van der Waals surface area contributed by atoms with Gasteiger partial charge in [0.05, 0.1) is 25.0 Å². The quantitative estimate of drug-likeness (QED) is 0.132. The van der Waals surface area contributed by atoms with E-state index in [1.54, 1.807) is 12.1 Å². The molecule has 0 radical (unpaired) electrons. The largest absolute Gasteiger partial charge is 0.481 e. The zero-order chi connectivity index (χ0) is 34.4. The highest BCUT2D eigenvalue weighted by molar-refractivity contribution is 5.94. The number of hydrogen-bond acceptors (Lipinski definition) is 6. The Bertz CT molecular complexity index is 1210. The van der Waals surface area contributed by atoms with Crippen LogP contribution in [-0.4, -0.2) is 64.4 Å². The average molecular weight is 628 g/mol. The maximum atomic E-state index is 14.0. The lowest BCUT2D eigenvalue weighted by Gasteiger charge is -2.33. The SMILES string of the molecule is CC.CN.C\C=C/C(=C\C)C(/CC(=O)Nc1ccccc1)=C(\c1ccc(F)cc1)N(CCC(O)CC(O)CC(=O)O)CC(C)C. The fraction of sp³-hybridized carbons (Fsp3) is 0.444. The van der Waals surface area contributed by atoms with Gasteiger partial charge in [-0.25, -0.2) is 4.39 Å². The number of allylic oxidation sites excluding steroid dienone is 4. The lowest BCUT2D eigenvalue weighted by molar-refractivity contribution is -0.139. The zero-order valence-electron chi connectivity index (χ0n) is 28.0. The molecule has 0 aliphatic rings. The second kappa shape index (κ2) is 23.6. The summed E-state index contributed by atoms with van der Waals surface area (Å²) in [6.07, 6.45) is 3.45. The van der Waals surface area contributed by atoms with Crippen LogP contribution in [-0.2, 0) is 9.59 Å². The van der Waals surface area contributed by atoms with E-state index in [1.807, 2.05) is 76.3 Å². The van der Waals surface area contributed by atoms with Gasteiger partial charge in [-0.15, -0.1) is 0 Å². The number of aliphatic carboxylic acids is 1. The first-order valence-corrected chi connectivity index (χ1v) is 15.6. The van der Waals surface area contributed by atoms with Gasteiger partial charge in [0.15, 0.2) is 0 Å². The number of nitrogens with two attached hydrogens (primary N) is 1. The molecule has 0 spiro atoms. The van der Waals surface area contributed by atoms with Crippen molar-refractivity contribution in [2.45, 2.75) is 79.4 Å². The number of halogens is 1. The normalized spacial score (nSPS) is 13.1. The number of carbonyl (C=O) groups excluding carboxylic acids is 1. The van der Waals surface area contributed by atoms with E-state index in [1.165, 1.54) is 19.2 Å². The number of amides is 1. The minimum Gasteiger partial charge on any atom is -0.481 e. The van der Waals surface area contributed by atoms with Gasteiger partial charge < -0.3 is 31.3 Å². The van der Waals surface area contributed by atoms with Crippen LogP contribution < -0.4 is 11.1 Å². The molecule has 2 unspecified atom stereocenters. The van der Waals surface area contributed by atoms with Gasteiger partial charge in [-0.2, -0.15) is 0 Å². The first kappa shape index (κ1) is 41.2. The van der Waals surface area contributed by atoms with Crippen LogP contribution in [0.15, 0.2) is 84.0 Å². The van der Waals surface area contributed by atoms with Crippen molar-refractivity contribution in [1.29, 1.82) is 0 Å². The van der Waals surface area contributed by atoms with Crippen molar-refractivity contribution in [1.82, 2.24) is 4.90 Å². The van der Waals surface area contributed by atoms with E-state index in [0.717, 1.165) is 22.4 Å². The third kappa shape index (κ3) is 16.2. The third-order valence-corrected chi connectivity index (χ3v) is 6.39. The molecule has 2 atom stereocenters. The molecular weight excluding hydrogens is 573 g/mol. The summed E-state index contributed by atoms with van der Waals surface area (Å²) >= 11 is 0. The fourth-order valence-electron chi connectivity index (χ4n) is 4.67. The predicted octanol–water partition coefficient (Wildman–Crippen LogP) is 6.62. The van der Waals surface area contributed by atoms with Crippen LogP contribution in [0.1, 0.15) is 72.8 Å². The zero-order valence-corrected chi connectivity index (χ0v) is 28.0. The molecule has 0 saturated heterocycles. The average Bonchev–Trinajstić information content (AvgIpc) is 3.01. The Morgan fingerprint density at radius 2 is 1.58 bits per heavy atom. The maximum Gasteiger partial charge on any atom is 0.305 e. The van der Waals surface area contributed by atoms with Gasteiger partial charge >= 0.3 is 5.97 Å². The van der Waals surface area contributed by atoms with E-state index in [9.17, 15) is 24.2 Å². The van der Waals surface area contributed by atoms with E-state index in [0.29, 0.717) is 18.8 Å². The molecule has 0 fully saturated rings. The van der Waals surface area contributed by atoms with Crippen molar-refractivity contribution < 1.29 is 29.3 Å². The summed E-state index contributed by atoms with van der Waals surface area (Å²) in [5.74, 6) is -1.52. The van der Waals surface area contributed by atoms with Crippen LogP contribution in [0.2, 0.25) is 0 Å². The molecule has 0 heterocycles. The van der Waals surface area contributed by atoms with E-state index >= 15 is 0 Å². The van der Waals surface area contributed by atoms with Crippen LogP contribution in [0.3, 0.4) is 0 Å². The molecule has 9 heteroatoms. The number of carboxylic acid groups (broad SMARTS) is 1. The number of nitrogens with one attached hydrogen (secondary N) is 1. The van der Waals surface area contributed by atoms with Gasteiger partial charge in [0.1, 0.15) is 5.82 Å².